The number of benzene rings is 2. The highest BCUT2D eigenvalue weighted by atomic mass is 35.5. The van der Waals surface area contributed by atoms with Gasteiger partial charge >= 0.3 is 0 Å². The van der Waals surface area contributed by atoms with Crippen LogP contribution in [0.25, 0.3) is 22.2 Å². The second-order valence-electron chi connectivity index (χ2n) is 11.0. The van der Waals surface area contributed by atoms with Crippen molar-refractivity contribution >= 4 is 40.0 Å². The van der Waals surface area contributed by atoms with E-state index in [1.54, 1.807) is 25.1 Å². The third-order valence-electron chi connectivity index (χ3n) is 7.45. The fourth-order valence-electron chi connectivity index (χ4n) is 4.99. The number of hydrogen-bond donors (Lipinski definition) is 2. The zero-order valence-corrected chi connectivity index (χ0v) is 24.8. The van der Waals surface area contributed by atoms with E-state index in [0.717, 1.165) is 18.9 Å². The van der Waals surface area contributed by atoms with Gasteiger partial charge in [-0.25, -0.2) is 23.1 Å². The summed E-state index contributed by atoms with van der Waals surface area (Å²) in [5, 5.41) is 14.4. The summed E-state index contributed by atoms with van der Waals surface area (Å²) in [6.45, 7) is 4.71. The highest BCUT2D eigenvalue weighted by molar-refractivity contribution is 6.32. The Kier molecular flexibility index (Phi) is 8.13. The van der Waals surface area contributed by atoms with Crippen molar-refractivity contribution in [3.05, 3.63) is 86.4 Å². The molecule has 42 heavy (non-hydrogen) atoms. The van der Waals surface area contributed by atoms with Gasteiger partial charge in [-0.05, 0) is 69.9 Å². The number of carbonyl (C=O) groups excluding carboxylic acids is 1. The number of amides is 1. The monoisotopic (exact) mass is 617 g/mol. The molecule has 5 rings (SSSR count). The molecule has 0 spiro atoms. The maximum Gasteiger partial charge on any atom is 0.251 e. The number of ether oxygens (including phenoxy) is 1. The molecule has 1 atom stereocenters. The number of aromatic nitrogens is 2. The summed E-state index contributed by atoms with van der Waals surface area (Å²) >= 11 is 12.2. The number of methoxy groups -OCH3 is 1. The Morgan fingerprint density at radius 1 is 1.07 bits per heavy atom. The number of aryl methyl sites for hydroxylation is 1. The van der Waals surface area contributed by atoms with Crippen molar-refractivity contribution in [2.24, 2.45) is 5.92 Å². The van der Waals surface area contributed by atoms with Gasteiger partial charge in [0, 0.05) is 46.3 Å². The van der Waals surface area contributed by atoms with E-state index in [9.17, 15) is 18.7 Å². The van der Waals surface area contributed by atoms with Crippen molar-refractivity contribution < 1.29 is 27.8 Å². The van der Waals surface area contributed by atoms with E-state index in [1.165, 1.54) is 27.0 Å². The first-order chi connectivity index (χ1) is 19.8. The number of fused-ring (bicyclic) bond motifs is 1. The molecule has 4 aromatic rings. The topological polar surface area (TPSA) is 84.3 Å². The minimum Gasteiger partial charge on any atom is -0.494 e. The van der Waals surface area contributed by atoms with Crippen LogP contribution < -0.4 is 10.1 Å². The number of aliphatic hydroxyl groups is 1. The second-order valence-corrected chi connectivity index (χ2v) is 11.8. The number of carbonyl (C=O) groups is 1. The predicted molar refractivity (Wildman–Crippen MR) is 156 cm³/mol. The molecule has 2 heterocycles. The second kappa shape index (κ2) is 11.4. The normalized spacial score (nSPS) is 14.2. The molecule has 220 valence electrons. The average Bonchev–Trinajstić information content (AvgIpc) is 3.76. The van der Waals surface area contributed by atoms with E-state index in [1.807, 2.05) is 0 Å². The Morgan fingerprint density at radius 2 is 1.79 bits per heavy atom. The van der Waals surface area contributed by atoms with Gasteiger partial charge in [-0.3, -0.25) is 4.79 Å². The summed E-state index contributed by atoms with van der Waals surface area (Å²) in [4.78, 5) is 22.2. The van der Waals surface area contributed by atoms with Crippen LogP contribution in [0.15, 0.2) is 36.4 Å². The molecule has 2 aromatic carbocycles. The van der Waals surface area contributed by atoms with Crippen LogP contribution in [0, 0.1) is 30.3 Å². The van der Waals surface area contributed by atoms with Crippen LogP contribution >= 0.6 is 23.2 Å². The van der Waals surface area contributed by atoms with E-state index in [0.29, 0.717) is 44.7 Å². The number of rotatable bonds is 8. The van der Waals surface area contributed by atoms with Gasteiger partial charge in [-0.15, -0.1) is 0 Å². The van der Waals surface area contributed by atoms with Gasteiger partial charge in [0.15, 0.2) is 5.82 Å². The number of pyridine rings is 2. The Bertz CT molecular complexity index is 1720. The Labute approximate surface area is 250 Å². The van der Waals surface area contributed by atoms with Crippen LogP contribution in [0.3, 0.4) is 0 Å². The molecule has 0 radical (unpaired) electrons. The summed E-state index contributed by atoms with van der Waals surface area (Å²) in [5.74, 6) is -3.23. The summed E-state index contributed by atoms with van der Waals surface area (Å²) in [5.41, 5.74) is -0.622. The quantitative estimate of drug-likeness (QED) is 0.200. The lowest BCUT2D eigenvalue weighted by atomic mass is 9.90. The molecule has 1 amide bonds. The molecule has 2 aromatic heterocycles. The Hall–Kier alpha value is -3.40. The third kappa shape index (κ3) is 5.91. The summed E-state index contributed by atoms with van der Waals surface area (Å²) in [7, 11) is 1.49. The van der Waals surface area contributed by atoms with Crippen LogP contribution in [0.5, 0.6) is 5.75 Å². The lowest BCUT2D eigenvalue weighted by Gasteiger charge is -2.24. The van der Waals surface area contributed by atoms with Gasteiger partial charge in [0.1, 0.15) is 28.6 Å². The number of nitrogens with zero attached hydrogens (tertiary/aromatic N) is 2. The average molecular weight is 618 g/mol. The third-order valence-corrected chi connectivity index (χ3v) is 8.12. The van der Waals surface area contributed by atoms with Crippen molar-refractivity contribution in [2.45, 2.75) is 45.1 Å². The number of halogens is 5. The van der Waals surface area contributed by atoms with E-state index in [4.69, 9.17) is 27.9 Å². The number of nitrogens with one attached hydrogen (secondary N) is 1. The smallest absolute Gasteiger partial charge is 0.251 e. The van der Waals surface area contributed by atoms with Crippen LogP contribution in [0.1, 0.15) is 59.9 Å². The fraction of sp³-hybridized carbons (Fsp3) is 0.323. The zero-order chi connectivity index (χ0) is 30.5. The van der Waals surface area contributed by atoms with Crippen molar-refractivity contribution in [1.82, 2.24) is 15.3 Å². The van der Waals surface area contributed by atoms with Gasteiger partial charge in [-0.1, -0.05) is 23.2 Å². The molecule has 1 unspecified atom stereocenters. The fourth-order valence-corrected chi connectivity index (χ4v) is 5.31. The molecule has 11 heteroatoms. The first-order valence-electron chi connectivity index (χ1n) is 13.3. The molecule has 1 aliphatic carbocycles. The molecule has 0 saturated heterocycles. The van der Waals surface area contributed by atoms with Crippen molar-refractivity contribution in [1.29, 1.82) is 0 Å². The molecule has 1 aliphatic rings. The summed E-state index contributed by atoms with van der Waals surface area (Å²) in [6, 6.07) is 7.95. The van der Waals surface area contributed by atoms with E-state index >= 15 is 4.39 Å². The Balaban J connectivity index is 1.51. The largest absolute Gasteiger partial charge is 0.494 e. The Morgan fingerprint density at radius 3 is 2.43 bits per heavy atom. The standard InChI is InChI=1S/C31H28Cl2F3N3O3/c1-14-21(32)8-16-7-17(9-26(42-4)28(16)38-14)30(40)37-13-19(15-5-6-15)25-11-20(31(2,3)41)27(36)29(39-25)18-10-22(33)24(35)12-23(18)34/h7-12,15,19,41H,5-6,13H2,1-4H3,(H,37,40). The first-order valence-corrected chi connectivity index (χ1v) is 14.0. The molecule has 6 nitrogen and oxygen atoms in total. The van der Waals surface area contributed by atoms with E-state index in [2.05, 4.69) is 15.3 Å². The van der Waals surface area contributed by atoms with Crippen LogP contribution in [0.2, 0.25) is 10.0 Å². The predicted octanol–water partition coefficient (Wildman–Crippen LogP) is 7.49. The highest BCUT2D eigenvalue weighted by Gasteiger charge is 2.36. The van der Waals surface area contributed by atoms with Crippen LogP contribution in [-0.4, -0.2) is 34.6 Å². The lowest BCUT2D eigenvalue weighted by Crippen LogP contribution is -2.30. The minimum absolute atomic E-state index is 0.113. The van der Waals surface area contributed by atoms with Crippen LogP contribution in [-0.2, 0) is 5.60 Å². The number of hydrogen-bond acceptors (Lipinski definition) is 5. The van der Waals surface area contributed by atoms with E-state index in [-0.39, 0.29) is 35.4 Å². The van der Waals surface area contributed by atoms with Gasteiger partial charge in [-0.2, -0.15) is 0 Å². The molecule has 0 aliphatic heterocycles. The van der Waals surface area contributed by atoms with Crippen LogP contribution in [0.4, 0.5) is 13.2 Å². The van der Waals surface area contributed by atoms with E-state index < -0.39 is 33.8 Å². The lowest BCUT2D eigenvalue weighted by molar-refractivity contribution is 0.0742. The van der Waals surface area contributed by atoms with Crippen molar-refractivity contribution in [2.75, 3.05) is 13.7 Å². The molecule has 2 N–H and O–H groups in total. The summed E-state index contributed by atoms with van der Waals surface area (Å²) < 4.78 is 49.9. The van der Waals surface area contributed by atoms with Gasteiger partial charge in [0.2, 0.25) is 0 Å². The van der Waals surface area contributed by atoms with Crippen molar-refractivity contribution in [3.63, 3.8) is 0 Å². The van der Waals surface area contributed by atoms with Gasteiger partial charge in [0.25, 0.3) is 5.91 Å². The maximum absolute atomic E-state index is 15.7. The molecule has 1 fully saturated rings. The highest BCUT2D eigenvalue weighted by Crippen LogP contribution is 2.44. The van der Waals surface area contributed by atoms with Gasteiger partial charge in [0.05, 0.1) is 28.5 Å². The minimum atomic E-state index is -1.65. The first kappa shape index (κ1) is 30.1. The SMILES string of the molecule is COc1cc(C(=O)NCC(c2cc(C(C)(C)O)c(F)c(-c3cc(Cl)c(F)cc3F)n2)C2CC2)cc2cc(Cl)c(C)nc12. The van der Waals surface area contributed by atoms with Gasteiger partial charge < -0.3 is 15.2 Å². The molecular weight excluding hydrogens is 590 g/mol. The summed E-state index contributed by atoms with van der Waals surface area (Å²) in [6.07, 6.45) is 1.69. The molecule has 1 saturated carbocycles. The zero-order valence-electron chi connectivity index (χ0n) is 23.3. The maximum atomic E-state index is 15.7. The van der Waals surface area contributed by atoms with Crippen molar-refractivity contribution in [3.8, 4) is 17.0 Å². The molecule has 0 bridgehead atoms. The molecular formula is C31H28Cl2F3N3O3.